The maximum absolute atomic E-state index is 6.18. The Hall–Kier alpha value is -1.80. The number of benzene rings is 2. The molecule has 0 aromatic heterocycles. The lowest BCUT2D eigenvalue weighted by molar-refractivity contribution is 0.124. The fraction of sp³-hybridized carbons (Fsp3) is 0.429. The van der Waals surface area contributed by atoms with E-state index in [1.807, 2.05) is 0 Å². The van der Waals surface area contributed by atoms with Gasteiger partial charge in [-0.2, -0.15) is 0 Å². The predicted molar refractivity (Wildman–Crippen MR) is 96.1 cm³/mol. The first kappa shape index (κ1) is 16.1. The fourth-order valence-corrected chi connectivity index (χ4v) is 3.28. The molecule has 2 aromatic rings. The van der Waals surface area contributed by atoms with Crippen LogP contribution in [0, 0.1) is 0 Å². The lowest BCUT2D eigenvalue weighted by Gasteiger charge is -2.32. The van der Waals surface area contributed by atoms with Crippen LogP contribution < -0.4 is 4.74 Å². The van der Waals surface area contributed by atoms with E-state index in [0.717, 1.165) is 18.8 Å². The zero-order valence-corrected chi connectivity index (χ0v) is 14.1. The van der Waals surface area contributed by atoms with Gasteiger partial charge in [-0.3, -0.25) is 4.90 Å². The highest BCUT2D eigenvalue weighted by molar-refractivity contribution is 5.37. The molecule has 1 aliphatic heterocycles. The average molecular weight is 309 g/mol. The van der Waals surface area contributed by atoms with E-state index in [-0.39, 0.29) is 0 Å². The van der Waals surface area contributed by atoms with E-state index >= 15 is 0 Å². The first-order valence-corrected chi connectivity index (χ1v) is 8.81. The van der Waals surface area contributed by atoms with Crippen molar-refractivity contribution in [1.29, 1.82) is 0 Å². The number of nitrogens with zero attached hydrogens (tertiary/aromatic N) is 1. The van der Waals surface area contributed by atoms with Crippen molar-refractivity contribution in [2.24, 2.45) is 0 Å². The smallest absolute Gasteiger partial charge is 0.122 e. The van der Waals surface area contributed by atoms with Crippen LogP contribution in [0.2, 0.25) is 0 Å². The summed E-state index contributed by atoms with van der Waals surface area (Å²) in [7, 11) is 0. The van der Waals surface area contributed by atoms with E-state index in [2.05, 4.69) is 66.4 Å². The molecule has 0 N–H and O–H groups in total. The summed E-state index contributed by atoms with van der Waals surface area (Å²) in [6.07, 6.45) is 4.96. The third-order valence-corrected chi connectivity index (χ3v) is 4.70. The summed E-state index contributed by atoms with van der Waals surface area (Å²) < 4.78 is 6.18. The lowest BCUT2D eigenvalue weighted by Crippen LogP contribution is -2.40. The molecule has 1 fully saturated rings. The minimum absolute atomic E-state index is 0.486. The molecule has 1 atom stereocenters. The maximum atomic E-state index is 6.18. The van der Waals surface area contributed by atoms with Crippen LogP contribution in [0.15, 0.2) is 54.6 Å². The van der Waals surface area contributed by atoms with Gasteiger partial charge >= 0.3 is 0 Å². The molecule has 2 aromatic carbocycles. The second-order valence-corrected chi connectivity index (χ2v) is 6.53. The predicted octanol–water partition coefficient (Wildman–Crippen LogP) is 4.53. The van der Waals surface area contributed by atoms with Crippen LogP contribution in [0.5, 0.6) is 5.75 Å². The van der Waals surface area contributed by atoms with Crippen molar-refractivity contribution in [2.45, 2.75) is 38.6 Å². The minimum Gasteiger partial charge on any atom is -0.492 e. The van der Waals surface area contributed by atoms with E-state index in [1.54, 1.807) is 0 Å². The van der Waals surface area contributed by atoms with Crippen LogP contribution in [0.25, 0.3) is 0 Å². The molecule has 0 unspecified atom stereocenters. The largest absolute Gasteiger partial charge is 0.492 e. The van der Waals surface area contributed by atoms with E-state index in [0.29, 0.717) is 6.04 Å². The van der Waals surface area contributed by atoms with E-state index in [4.69, 9.17) is 4.74 Å². The van der Waals surface area contributed by atoms with Crippen molar-refractivity contribution in [3.63, 3.8) is 0 Å². The number of piperidine rings is 1. The van der Waals surface area contributed by atoms with Crippen molar-refractivity contribution >= 4 is 0 Å². The molecule has 0 saturated carbocycles. The Balaban J connectivity index is 1.61. The molecule has 3 rings (SSSR count). The van der Waals surface area contributed by atoms with Crippen molar-refractivity contribution in [3.05, 3.63) is 65.7 Å². The summed E-state index contributed by atoms with van der Waals surface area (Å²) in [5.41, 5.74) is 2.59. The van der Waals surface area contributed by atoms with Crippen LogP contribution in [-0.4, -0.2) is 30.6 Å². The average Bonchev–Trinajstić information content (AvgIpc) is 2.62. The SMILES string of the molecule is C[C@@H](COc1ccccc1Cc1ccccc1)N1CCCCC1. The number of hydrogen-bond acceptors (Lipinski definition) is 2. The van der Waals surface area contributed by atoms with Crippen molar-refractivity contribution in [1.82, 2.24) is 4.90 Å². The molecule has 1 aliphatic rings. The Morgan fingerprint density at radius 2 is 1.61 bits per heavy atom. The van der Waals surface area contributed by atoms with Crippen LogP contribution in [0.3, 0.4) is 0 Å². The highest BCUT2D eigenvalue weighted by atomic mass is 16.5. The van der Waals surface area contributed by atoms with Gasteiger partial charge in [0.2, 0.25) is 0 Å². The Kier molecular flexibility index (Phi) is 5.71. The van der Waals surface area contributed by atoms with E-state index < -0.39 is 0 Å². The highest BCUT2D eigenvalue weighted by Gasteiger charge is 2.17. The van der Waals surface area contributed by atoms with Crippen molar-refractivity contribution in [2.75, 3.05) is 19.7 Å². The molecular formula is C21H27NO. The summed E-state index contributed by atoms with van der Waals surface area (Å²) in [6, 6.07) is 19.5. The van der Waals surface area contributed by atoms with Gasteiger partial charge in [0.25, 0.3) is 0 Å². The van der Waals surface area contributed by atoms with Crippen LogP contribution >= 0.6 is 0 Å². The normalized spacial score (nSPS) is 16.9. The van der Waals surface area contributed by atoms with Crippen LogP contribution in [-0.2, 0) is 6.42 Å². The summed E-state index contributed by atoms with van der Waals surface area (Å²) in [5, 5.41) is 0. The molecule has 122 valence electrons. The fourth-order valence-electron chi connectivity index (χ4n) is 3.28. The van der Waals surface area contributed by atoms with Gasteiger partial charge in [0.15, 0.2) is 0 Å². The van der Waals surface area contributed by atoms with Gasteiger partial charge in [-0.15, -0.1) is 0 Å². The number of para-hydroxylation sites is 1. The molecule has 0 aliphatic carbocycles. The van der Waals surface area contributed by atoms with Gasteiger partial charge in [0.1, 0.15) is 12.4 Å². The molecule has 0 bridgehead atoms. The standard InChI is InChI=1S/C21H27NO/c1-18(22-14-8-3-9-15-22)17-23-21-13-7-6-12-20(21)16-19-10-4-2-5-11-19/h2,4-7,10-13,18H,3,8-9,14-17H2,1H3/t18-/m0/s1. The maximum Gasteiger partial charge on any atom is 0.122 e. The second kappa shape index (κ2) is 8.16. The van der Waals surface area contributed by atoms with E-state index in [1.165, 1.54) is 43.5 Å². The molecular weight excluding hydrogens is 282 g/mol. The number of hydrogen-bond donors (Lipinski definition) is 0. The summed E-state index contributed by atoms with van der Waals surface area (Å²) in [6.45, 7) is 5.49. The van der Waals surface area contributed by atoms with Gasteiger partial charge in [0.05, 0.1) is 0 Å². The summed E-state index contributed by atoms with van der Waals surface area (Å²) in [5.74, 6) is 1.03. The van der Waals surface area contributed by atoms with E-state index in [9.17, 15) is 0 Å². The Labute approximate surface area is 140 Å². The zero-order valence-electron chi connectivity index (χ0n) is 14.1. The Morgan fingerprint density at radius 3 is 2.39 bits per heavy atom. The molecule has 1 saturated heterocycles. The summed E-state index contributed by atoms with van der Waals surface area (Å²) in [4.78, 5) is 2.56. The Morgan fingerprint density at radius 1 is 0.913 bits per heavy atom. The molecule has 0 amide bonds. The van der Waals surface area contributed by atoms with Gasteiger partial charge in [-0.1, -0.05) is 55.0 Å². The van der Waals surface area contributed by atoms with Crippen LogP contribution in [0.1, 0.15) is 37.3 Å². The second-order valence-electron chi connectivity index (χ2n) is 6.53. The topological polar surface area (TPSA) is 12.5 Å². The molecule has 0 radical (unpaired) electrons. The number of rotatable bonds is 6. The first-order valence-electron chi connectivity index (χ1n) is 8.81. The third kappa shape index (κ3) is 4.59. The molecule has 0 spiro atoms. The third-order valence-electron chi connectivity index (χ3n) is 4.70. The quantitative estimate of drug-likeness (QED) is 0.777. The number of likely N-dealkylation sites (tertiary alicyclic amines) is 1. The van der Waals surface area contributed by atoms with Gasteiger partial charge in [-0.05, 0) is 50.0 Å². The lowest BCUT2D eigenvalue weighted by atomic mass is 10.0. The van der Waals surface area contributed by atoms with Gasteiger partial charge < -0.3 is 4.74 Å². The molecule has 1 heterocycles. The van der Waals surface area contributed by atoms with Crippen molar-refractivity contribution < 1.29 is 4.74 Å². The first-order chi connectivity index (χ1) is 11.3. The molecule has 2 heteroatoms. The van der Waals surface area contributed by atoms with Gasteiger partial charge in [0, 0.05) is 12.5 Å². The monoisotopic (exact) mass is 309 g/mol. The van der Waals surface area contributed by atoms with Crippen molar-refractivity contribution in [3.8, 4) is 5.75 Å². The minimum atomic E-state index is 0.486. The molecule has 2 nitrogen and oxygen atoms in total. The highest BCUT2D eigenvalue weighted by Crippen LogP contribution is 2.22. The Bertz CT molecular complexity index is 590. The summed E-state index contributed by atoms with van der Waals surface area (Å²) >= 11 is 0. The van der Waals surface area contributed by atoms with Crippen LogP contribution in [0.4, 0.5) is 0 Å². The zero-order chi connectivity index (χ0) is 15.9. The van der Waals surface area contributed by atoms with Gasteiger partial charge in [-0.25, -0.2) is 0 Å². The number of ether oxygens (including phenoxy) is 1. The molecule has 23 heavy (non-hydrogen) atoms.